The van der Waals surface area contributed by atoms with Crippen molar-refractivity contribution in [3.63, 3.8) is 0 Å². The number of aromatic nitrogens is 1. The molecule has 29 heavy (non-hydrogen) atoms. The predicted octanol–water partition coefficient (Wildman–Crippen LogP) is 4.88. The van der Waals surface area contributed by atoms with Crippen molar-refractivity contribution in [2.45, 2.75) is 32.7 Å². The number of carbonyl (C=O) groups is 1. The van der Waals surface area contributed by atoms with Gasteiger partial charge in [-0.15, -0.1) is 0 Å². The Morgan fingerprint density at radius 2 is 2.07 bits per heavy atom. The van der Waals surface area contributed by atoms with E-state index in [4.69, 9.17) is 4.74 Å². The lowest BCUT2D eigenvalue weighted by atomic mass is 10.1. The van der Waals surface area contributed by atoms with Gasteiger partial charge < -0.3 is 10.1 Å². The van der Waals surface area contributed by atoms with Crippen LogP contribution in [0.15, 0.2) is 54.7 Å². The molecule has 1 aromatic heterocycles. The van der Waals surface area contributed by atoms with E-state index in [0.29, 0.717) is 11.1 Å². The Labute approximate surface area is 170 Å². The van der Waals surface area contributed by atoms with Crippen LogP contribution in [0.4, 0.5) is 4.39 Å². The Morgan fingerprint density at radius 3 is 2.93 bits per heavy atom. The number of pyridine rings is 1. The molecule has 1 N–H and O–H groups in total. The van der Waals surface area contributed by atoms with E-state index in [1.54, 1.807) is 42.6 Å². The van der Waals surface area contributed by atoms with Crippen molar-refractivity contribution >= 4 is 16.8 Å². The molecule has 0 atom stereocenters. The van der Waals surface area contributed by atoms with Gasteiger partial charge in [-0.05, 0) is 36.8 Å². The zero-order valence-corrected chi connectivity index (χ0v) is 16.4. The Hall–Kier alpha value is -3.39. The maximum Gasteiger partial charge on any atom is 0.251 e. The van der Waals surface area contributed by atoms with E-state index in [1.165, 1.54) is 0 Å². The Bertz CT molecular complexity index is 1050. The molecule has 0 saturated carbocycles. The van der Waals surface area contributed by atoms with Gasteiger partial charge in [-0.3, -0.25) is 9.78 Å². The maximum atomic E-state index is 14.6. The van der Waals surface area contributed by atoms with Crippen molar-refractivity contribution in [1.29, 1.82) is 0 Å². The van der Waals surface area contributed by atoms with Gasteiger partial charge in [0.05, 0.1) is 5.52 Å². The molecule has 4 nitrogen and oxygen atoms in total. The minimum absolute atomic E-state index is 0.0646. The summed E-state index contributed by atoms with van der Waals surface area (Å²) in [5.74, 6) is 5.27. The molecule has 1 amide bonds. The number of rotatable bonds is 7. The lowest BCUT2D eigenvalue weighted by molar-refractivity contribution is 0.0950. The average molecular weight is 390 g/mol. The van der Waals surface area contributed by atoms with Crippen LogP contribution in [0.5, 0.6) is 5.75 Å². The molecule has 0 radical (unpaired) electrons. The van der Waals surface area contributed by atoms with Crippen LogP contribution in [0.1, 0.15) is 42.1 Å². The van der Waals surface area contributed by atoms with Gasteiger partial charge in [-0.25, -0.2) is 4.39 Å². The zero-order valence-electron chi connectivity index (χ0n) is 16.4. The van der Waals surface area contributed by atoms with Crippen molar-refractivity contribution < 1.29 is 13.9 Å². The molecule has 148 valence electrons. The summed E-state index contributed by atoms with van der Waals surface area (Å²) in [6, 6.07) is 13.9. The number of unbranched alkanes of at least 4 members (excludes halogenated alkanes) is 2. The summed E-state index contributed by atoms with van der Waals surface area (Å²) in [5.41, 5.74) is 1.68. The number of ether oxygens (including phenoxy) is 1. The average Bonchev–Trinajstić information content (AvgIpc) is 2.75. The number of amides is 1. The van der Waals surface area contributed by atoms with Crippen LogP contribution in [0.3, 0.4) is 0 Å². The van der Waals surface area contributed by atoms with Crippen LogP contribution in [0.25, 0.3) is 10.9 Å². The van der Waals surface area contributed by atoms with Crippen molar-refractivity contribution in [1.82, 2.24) is 10.3 Å². The summed E-state index contributed by atoms with van der Waals surface area (Å²) >= 11 is 0. The van der Waals surface area contributed by atoms with Gasteiger partial charge >= 0.3 is 0 Å². The van der Waals surface area contributed by atoms with Crippen LogP contribution in [0, 0.1) is 17.7 Å². The summed E-state index contributed by atoms with van der Waals surface area (Å²) in [5, 5.41) is 3.63. The zero-order chi connectivity index (χ0) is 20.5. The van der Waals surface area contributed by atoms with Crippen molar-refractivity contribution in [2.75, 3.05) is 6.61 Å². The Balaban J connectivity index is 1.60. The van der Waals surface area contributed by atoms with E-state index in [2.05, 4.69) is 29.1 Å². The van der Waals surface area contributed by atoms with Crippen LogP contribution in [-0.4, -0.2) is 17.5 Å². The summed E-state index contributed by atoms with van der Waals surface area (Å²) in [6.45, 7) is 2.31. The summed E-state index contributed by atoms with van der Waals surface area (Å²) in [7, 11) is 0. The minimum Gasteiger partial charge on any atom is -0.478 e. The van der Waals surface area contributed by atoms with Crippen molar-refractivity contribution in [3.05, 3.63) is 71.7 Å². The molecule has 0 saturated heterocycles. The third-order valence-corrected chi connectivity index (χ3v) is 4.43. The fourth-order valence-corrected chi connectivity index (χ4v) is 2.82. The fraction of sp³-hybridized carbons (Fsp3) is 0.250. The third-order valence-electron chi connectivity index (χ3n) is 4.43. The van der Waals surface area contributed by atoms with Crippen LogP contribution in [0.2, 0.25) is 0 Å². The molecule has 0 fully saturated rings. The Morgan fingerprint density at radius 1 is 1.17 bits per heavy atom. The van der Waals surface area contributed by atoms with Gasteiger partial charge in [0.1, 0.15) is 6.61 Å². The van der Waals surface area contributed by atoms with Gasteiger partial charge in [0, 0.05) is 35.7 Å². The lowest BCUT2D eigenvalue weighted by Crippen LogP contribution is -2.23. The van der Waals surface area contributed by atoms with E-state index in [1.807, 2.05) is 12.1 Å². The smallest absolute Gasteiger partial charge is 0.251 e. The number of hydrogen-bond acceptors (Lipinski definition) is 3. The quantitative estimate of drug-likeness (QED) is 0.462. The molecular formula is C24H23FN2O2. The van der Waals surface area contributed by atoms with Gasteiger partial charge in [-0.2, -0.15) is 0 Å². The van der Waals surface area contributed by atoms with Crippen LogP contribution in [-0.2, 0) is 6.54 Å². The highest BCUT2D eigenvalue weighted by molar-refractivity contribution is 5.97. The molecule has 0 aliphatic heterocycles. The first kappa shape index (κ1) is 20.3. The van der Waals surface area contributed by atoms with E-state index >= 15 is 0 Å². The van der Waals surface area contributed by atoms with Gasteiger partial charge in [0.2, 0.25) is 0 Å². The third kappa shape index (κ3) is 5.55. The number of nitrogens with one attached hydrogen (secondary N) is 1. The van der Waals surface area contributed by atoms with Gasteiger partial charge in [0.15, 0.2) is 11.6 Å². The van der Waals surface area contributed by atoms with Gasteiger partial charge in [0.25, 0.3) is 5.91 Å². The molecule has 0 aliphatic rings. The monoisotopic (exact) mass is 390 g/mol. The SMILES string of the molecule is CCCCC#CCOc1cccc(CNC(=O)c2ccc3ncccc3c2)c1F. The van der Waals surface area contributed by atoms with Gasteiger partial charge in [-0.1, -0.05) is 43.4 Å². The first-order valence-electron chi connectivity index (χ1n) is 9.68. The molecule has 3 aromatic rings. The molecule has 2 aromatic carbocycles. The highest BCUT2D eigenvalue weighted by Crippen LogP contribution is 2.20. The van der Waals surface area contributed by atoms with Crippen LogP contribution < -0.4 is 10.1 Å². The summed E-state index contributed by atoms with van der Waals surface area (Å²) in [6.07, 6.45) is 4.66. The second-order valence-corrected chi connectivity index (χ2v) is 6.57. The number of nitrogens with zero attached hydrogens (tertiary/aromatic N) is 1. The molecular weight excluding hydrogens is 367 g/mol. The van der Waals surface area contributed by atoms with E-state index in [9.17, 15) is 9.18 Å². The van der Waals surface area contributed by atoms with Crippen molar-refractivity contribution in [3.8, 4) is 17.6 Å². The lowest BCUT2D eigenvalue weighted by Gasteiger charge is -2.10. The Kier molecular flexibility index (Phi) is 7.18. The molecule has 0 spiro atoms. The number of carbonyl (C=O) groups excluding carboxylic acids is 1. The normalized spacial score (nSPS) is 10.3. The fourth-order valence-electron chi connectivity index (χ4n) is 2.82. The standard InChI is InChI=1S/C24H23FN2O2/c1-2-3-4-5-6-15-29-22-11-7-9-20(23(22)25)17-27-24(28)19-12-13-21-18(16-19)10-8-14-26-21/h7-14,16H,2-4,15,17H2,1H3,(H,27,28). The van der Waals surface area contributed by atoms with Crippen LogP contribution >= 0.6 is 0 Å². The maximum absolute atomic E-state index is 14.6. The number of hydrogen-bond donors (Lipinski definition) is 1. The second kappa shape index (κ2) is 10.2. The molecule has 3 rings (SSSR count). The van der Waals surface area contributed by atoms with E-state index in [0.717, 1.165) is 30.2 Å². The summed E-state index contributed by atoms with van der Waals surface area (Å²) in [4.78, 5) is 16.7. The number of fused-ring (bicyclic) bond motifs is 1. The second-order valence-electron chi connectivity index (χ2n) is 6.57. The number of benzene rings is 2. The number of halogens is 1. The minimum atomic E-state index is -0.481. The highest BCUT2D eigenvalue weighted by Gasteiger charge is 2.11. The topological polar surface area (TPSA) is 51.2 Å². The first-order valence-corrected chi connectivity index (χ1v) is 9.68. The molecule has 5 heteroatoms. The molecule has 0 bridgehead atoms. The first-order chi connectivity index (χ1) is 14.2. The largest absolute Gasteiger partial charge is 0.478 e. The highest BCUT2D eigenvalue weighted by atomic mass is 19.1. The molecule has 1 heterocycles. The van der Waals surface area contributed by atoms with E-state index < -0.39 is 5.82 Å². The molecule has 0 unspecified atom stereocenters. The summed E-state index contributed by atoms with van der Waals surface area (Å²) < 4.78 is 20.1. The van der Waals surface area contributed by atoms with Crippen molar-refractivity contribution in [2.24, 2.45) is 0 Å². The van der Waals surface area contributed by atoms with E-state index in [-0.39, 0.29) is 24.8 Å². The molecule has 0 aliphatic carbocycles. The predicted molar refractivity (Wildman–Crippen MR) is 112 cm³/mol.